The molecule has 3 rings (SSSR count). The fraction of sp³-hybridized carbons (Fsp3) is 0.400. The van der Waals surface area contributed by atoms with Crippen LogP contribution in [0.25, 0.3) is 0 Å². The van der Waals surface area contributed by atoms with Gasteiger partial charge in [0.2, 0.25) is 11.8 Å². The Morgan fingerprint density at radius 1 is 0.895 bits per heavy atom. The summed E-state index contributed by atoms with van der Waals surface area (Å²) >= 11 is 3.21. The molecule has 0 fully saturated rings. The quantitative estimate of drug-likeness (QED) is 0.214. The summed E-state index contributed by atoms with van der Waals surface area (Å²) in [6.07, 6.45) is 2.50. The van der Waals surface area contributed by atoms with Crippen molar-refractivity contribution in [3.8, 4) is 11.5 Å². The summed E-state index contributed by atoms with van der Waals surface area (Å²) in [7, 11) is 3.24. The van der Waals surface area contributed by atoms with Gasteiger partial charge in [0.1, 0.15) is 0 Å². The Morgan fingerprint density at radius 3 is 2.32 bits per heavy atom. The first-order valence-electron chi connectivity index (χ1n) is 12.9. The van der Waals surface area contributed by atoms with Crippen LogP contribution in [0.5, 0.6) is 11.5 Å². The van der Waals surface area contributed by atoms with Crippen LogP contribution in [0.2, 0.25) is 0 Å². The van der Waals surface area contributed by atoms with E-state index in [1.807, 2.05) is 53.4 Å². The van der Waals surface area contributed by atoms with E-state index in [-0.39, 0.29) is 18.4 Å². The summed E-state index contributed by atoms with van der Waals surface area (Å²) in [6.45, 7) is 5.90. The van der Waals surface area contributed by atoms with Crippen molar-refractivity contribution in [1.29, 1.82) is 0 Å². The number of thiophene rings is 1. The maximum Gasteiger partial charge on any atom is 0.242 e. The molecule has 0 saturated heterocycles. The Morgan fingerprint density at radius 2 is 1.66 bits per heavy atom. The van der Waals surface area contributed by atoms with Crippen molar-refractivity contribution >= 4 is 34.9 Å². The molecule has 0 bridgehead atoms. The number of nitrogens with zero attached hydrogens (tertiary/aromatic N) is 2. The second-order valence-corrected chi connectivity index (χ2v) is 11.5. The average Bonchev–Trinajstić information content (AvgIpc) is 3.36. The highest BCUT2D eigenvalue weighted by Gasteiger charge is 2.22. The van der Waals surface area contributed by atoms with Gasteiger partial charge in [0, 0.05) is 27.7 Å². The van der Waals surface area contributed by atoms with Crippen LogP contribution in [0.15, 0.2) is 65.6 Å². The molecule has 0 aliphatic rings. The second kappa shape index (κ2) is 15.4. The predicted octanol–water partition coefficient (Wildman–Crippen LogP) is 6.07. The monoisotopic (exact) mass is 554 g/mol. The van der Waals surface area contributed by atoms with E-state index in [1.165, 1.54) is 16.6 Å². The topological polar surface area (TPSA) is 59.1 Å². The van der Waals surface area contributed by atoms with Crippen LogP contribution < -0.4 is 9.47 Å². The Bertz CT molecular complexity index is 1170. The molecule has 0 aliphatic heterocycles. The lowest BCUT2D eigenvalue weighted by Crippen LogP contribution is -2.44. The van der Waals surface area contributed by atoms with Gasteiger partial charge in [-0.05, 0) is 61.7 Å². The average molecular weight is 555 g/mol. The number of carbonyl (C=O) groups is 2. The highest BCUT2D eigenvalue weighted by atomic mass is 32.2. The molecule has 3 aromatic rings. The maximum atomic E-state index is 13.6. The molecule has 0 atom stereocenters. The molecule has 6 nitrogen and oxygen atoms in total. The largest absolute Gasteiger partial charge is 0.493 e. The van der Waals surface area contributed by atoms with Gasteiger partial charge in [0.05, 0.1) is 33.1 Å². The smallest absolute Gasteiger partial charge is 0.242 e. The van der Waals surface area contributed by atoms with E-state index < -0.39 is 0 Å². The molecule has 8 heteroatoms. The summed E-state index contributed by atoms with van der Waals surface area (Å²) in [6, 6.07) is 19.9. The lowest BCUT2D eigenvalue weighted by molar-refractivity contribution is -0.139. The van der Waals surface area contributed by atoms with Gasteiger partial charge in [-0.3, -0.25) is 9.59 Å². The van der Waals surface area contributed by atoms with E-state index in [2.05, 4.69) is 26.0 Å². The summed E-state index contributed by atoms with van der Waals surface area (Å²) in [5.41, 5.74) is 1.06. The van der Waals surface area contributed by atoms with Crippen molar-refractivity contribution in [2.24, 2.45) is 0 Å². The maximum absolute atomic E-state index is 13.6. The predicted molar refractivity (Wildman–Crippen MR) is 156 cm³/mol. The van der Waals surface area contributed by atoms with Gasteiger partial charge in [-0.1, -0.05) is 37.6 Å². The molecule has 1 aromatic heterocycles. The zero-order valence-electron chi connectivity index (χ0n) is 22.8. The van der Waals surface area contributed by atoms with Crippen LogP contribution in [0, 0.1) is 6.92 Å². The highest BCUT2D eigenvalue weighted by molar-refractivity contribution is 8.00. The number of hydrogen-bond acceptors (Lipinski definition) is 6. The fourth-order valence-electron chi connectivity index (χ4n) is 4.01. The number of rotatable bonds is 15. The van der Waals surface area contributed by atoms with Gasteiger partial charge in [0.25, 0.3) is 0 Å². The molecule has 38 heavy (non-hydrogen) atoms. The summed E-state index contributed by atoms with van der Waals surface area (Å²) in [5.74, 6) is 1.62. The van der Waals surface area contributed by atoms with Crippen molar-refractivity contribution in [2.75, 3.05) is 39.6 Å². The van der Waals surface area contributed by atoms with E-state index in [0.717, 1.165) is 28.2 Å². The molecule has 0 saturated carbocycles. The second-order valence-electron chi connectivity index (χ2n) is 9.04. The van der Waals surface area contributed by atoms with E-state index in [4.69, 9.17) is 9.47 Å². The lowest BCUT2D eigenvalue weighted by Gasteiger charge is -2.28. The van der Waals surface area contributed by atoms with Gasteiger partial charge in [-0.25, -0.2) is 0 Å². The Balaban J connectivity index is 1.71. The molecular formula is C30H38N2O4S2. The minimum absolute atomic E-state index is 0.00698. The van der Waals surface area contributed by atoms with Gasteiger partial charge in [-0.2, -0.15) is 0 Å². The number of thioether (sulfide) groups is 1. The van der Waals surface area contributed by atoms with Crippen LogP contribution in [0.1, 0.15) is 35.1 Å². The van der Waals surface area contributed by atoms with Crippen molar-refractivity contribution in [3.05, 3.63) is 76.0 Å². The van der Waals surface area contributed by atoms with Crippen molar-refractivity contribution in [2.45, 2.75) is 44.6 Å². The van der Waals surface area contributed by atoms with Crippen LogP contribution in [-0.4, -0.2) is 61.2 Å². The first-order valence-corrected chi connectivity index (χ1v) is 14.7. The van der Waals surface area contributed by atoms with Crippen molar-refractivity contribution in [1.82, 2.24) is 9.80 Å². The fourth-order valence-corrected chi connectivity index (χ4v) is 5.74. The SMILES string of the molecule is CCCCN(CC(=O)N(CCc1ccc(OC)c(OC)c1)Cc1ccc(C)s1)C(=O)CSc1ccccc1. The van der Waals surface area contributed by atoms with Crippen LogP contribution >= 0.6 is 23.1 Å². The van der Waals surface area contributed by atoms with Gasteiger partial charge in [-0.15, -0.1) is 23.1 Å². The molecule has 0 unspecified atom stereocenters. The van der Waals surface area contributed by atoms with E-state index >= 15 is 0 Å². The Kier molecular flexibility index (Phi) is 12.0. The van der Waals surface area contributed by atoms with Gasteiger partial charge < -0.3 is 19.3 Å². The molecule has 0 spiro atoms. The number of carbonyl (C=O) groups excluding carboxylic acids is 2. The number of hydrogen-bond donors (Lipinski definition) is 0. The van der Waals surface area contributed by atoms with Crippen LogP contribution in [0.4, 0.5) is 0 Å². The third kappa shape index (κ3) is 9.10. The van der Waals surface area contributed by atoms with Crippen LogP contribution in [-0.2, 0) is 22.6 Å². The third-order valence-corrected chi connectivity index (χ3v) is 8.16. The van der Waals surface area contributed by atoms with E-state index in [1.54, 1.807) is 30.5 Å². The molecule has 2 aromatic carbocycles. The molecule has 204 valence electrons. The summed E-state index contributed by atoms with van der Waals surface area (Å²) in [4.78, 5) is 33.8. The van der Waals surface area contributed by atoms with Crippen molar-refractivity contribution < 1.29 is 19.1 Å². The number of ether oxygens (including phenoxy) is 2. The molecule has 0 radical (unpaired) electrons. The number of unbranched alkanes of at least 4 members (excludes halogenated alkanes) is 1. The summed E-state index contributed by atoms with van der Waals surface area (Å²) in [5, 5.41) is 0. The Hall–Kier alpha value is -2.97. The minimum atomic E-state index is -0.0364. The van der Waals surface area contributed by atoms with Gasteiger partial charge >= 0.3 is 0 Å². The normalized spacial score (nSPS) is 10.7. The summed E-state index contributed by atoms with van der Waals surface area (Å²) < 4.78 is 10.8. The number of amides is 2. The Labute approximate surface area is 234 Å². The minimum Gasteiger partial charge on any atom is -0.493 e. The van der Waals surface area contributed by atoms with Crippen LogP contribution in [0.3, 0.4) is 0 Å². The highest BCUT2D eigenvalue weighted by Crippen LogP contribution is 2.28. The third-order valence-electron chi connectivity index (χ3n) is 6.18. The first-order chi connectivity index (χ1) is 18.4. The molecule has 0 N–H and O–H groups in total. The van der Waals surface area contributed by atoms with Crippen molar-refractivity contribution in [3.63, 3.8) is 0 Å². The van der Waals surface area contributed by atoms with E-state index in [0.29, 0.717) is 43.3 Å². The van der Waals surface area contributed by atoms with E-state index in [9.17, 15) is 9.59 Å². The number of methoxy groups -OCH3 is 2. The zero-order chi connectivity index (χ0) is 27.3. The molecule has 1 heterocycles. The molecule has 0 aliphatic carbocycles. The number of benzene rings is 2. The van der Waals surface area contributed by atoms with Gasteiger partial charge in [0.15, 0.2) is 11.5 Å². The molecule has 2 amide bonds. The number of aryl methyl sites for hydroxylation is 1. The zero-order valence-corrected chi connectivity index (χ0v) is 24.4. The lowest BCUT2D eigenvalue weighted by atomic mass is 10.1. The first kappa shape index (κ1) is 29.6. The molecular weight excluding hydrogens is 516 g/mol. The standard InChI is InChI=1S/C30H38N2O4S2/c1-5-6-17-31(30(34)22-37-25-10-8-7-9-11-25)21-29(33)32(20-26-14-12-23(2)38-26)18-16-24-13-15-27(35-3)28(19-24)36-4/h7-15,19H,5-6,16-18,20-22H2,1-4H3.